The minimum absolute atomic E-state index is 0.0517. The zero-order valence-corrected chi connectivity index (χ0v) is 19.6. The van der Waals surface area contributed by atoms with Crippen LogP contribution in [-0.4, -0.2) is 52.0 Å². The quantitative estimate of drug-likeness (QED) is 0.480. The average Bonchev–Trinajstić information content (AvgIpc) is 3.44. The van der Waals surface area contributed by atoms with Gasteiger partial charge in [0.25, 0.3) is 5.91 Å². The van der Waals surface area contributed by atoms with Gasteiger partial charge in [-0.1, -0.05) is 18.2 Å². The highest BCUT2D eigenvalue weighted by molar-refractivity contribution is 7.13. The van der Waals surface area contributed by atoms with Crippen molar-refractivity contribution in [3.63, 3.8) is 0 Å². The number of ketones is 1. The maximum Gasteiger partial charge on any atom is 0.253 e. The predicted octanol–water partition coefficient (Wildman–Crippen LogP) is 2.72. The molecule has 34 heavy (non-hydrogen) atoms. The first kappa shape index (κ1) is 23.6. The molecule has 0 aliphatic carbocycles. The number of ether oxygens (including phenoxy) is 1. The Kier molecular flexibility index (Phi) is 6.76. The van der Waals surface area contributed by atoms with Crippen molar-refractivity contribution in [1.82, 2.24) is 15.6 Å². The van der Waals surface area contributed by atoms with E-state index in [0.717, 1.165) is 10.4 Å². The molecule has 1 fully saturated rings. The molecule has 3 aromatic rings. The summed E-state index contributed by atoms with van der Waals surface area (Å²) in [6, 6.07) is 11.0. The number of hydrogen-bond donors (Lipinski definition) is 3. The molecule has 3 heterocycles. The highest BCUT2D eigenvalue weighted by atomic mass is 32.1. The average molecular weight is 480 g/mol. The summed E-state index contributed by atoms with van der Waals surface area (Å²) in [6.07, 6.45) is 2.72. The standard InChI is InChI=1S/C25H25N3O5S/c1-15-25(2,22(30)14-33-15)28-24(32)20(10-16-5-3-6-19(29)9-16)27-23(31)18-11-17(12-26-13-18)21-7-4-8-34-21/h3-9,11-13,15,20,29H,10,14H2,1-2H3,(H,27,31)(H,28,32). The van der Waals surface area contributed by atoms with E-state index >= 15 is 0 Å². The number of nitrogens with one attached hydrogen (secondary N) is 2. The van der Waals surface area contributed by atoms with Crippen LogP contribution < -0.4 is 10.6 Å². The molecule has 2 amide bonds. The topological polar surface area (TPSA) is 118 Å². The first-order valence-corrected chi connectivity index (χ1v) is 11.7. The molecule has 3 N–H and O–H groups in total. The van der Waals surface area contributed by atoms with Crippen LogP contribution in [0.25, 0.3) is 10.4 Å². The number of carbonyl (C=O) groups excluding carboxylic acids is 3. The number of aromatic hydroxyl groups is 1. The van der Waals surface area contributed by atoms with Crippen LogP contribution in [0.4, 0.5) is 0 Å². The van der Waals surface area contributed by atoms with Gasteiger partial charge in [-0.15, -0.1) is 11.3 Å². The molecule has 3 unspecified atom stereocenters. The number of phenols is 1. The SMILES string of the molecule is CC1OCC(=O)C1(C)NC(=O)C(Cc1cccc(O)c1)NC(=O)c1cncc(-c2cccs2)c1. The van der Waals surface area contributed by atoms with Crippen LogP contribution in [0, 0.1) is 0 Å². The number of phenolic OH excluding ortho intramolecular Hbond substituents is 1. The van der Waals surface area contributed by atoms with Crippen LogP contribution in [0.2, 0.25) is 0 Å². The number of hydrogen-bond acceptors (Lipinski definition) is 7. The van der Waals surface area contributed by atoms with Crippen LogP contribution in [-0.2, 0) is 20.7 Å². The van der Waals surface area contributed by atoms with Crippen molar-refractivity contribution < 1.29 is 24.2 Å². The van der Waals surface area contributed by atoms with E-state index in [-0.39, 0.29) is 24.6 Å². The molecule has 0 spiro atoms. The van der Waals surface area contributed by atoms with E-state index in [1.807, 2.05) is 17.5 Å². The molecule has 8 nitrogen and oxygen atoms in total. The van der Waals surface area contributed by atoms with Crippen molar-refractivity contribution in [3.05, 3.63) is 71.4 Å². The molecule has 1 aromatic carbocycles. The molecule has 4 rings (SSSR count). The third kappa shape index (κ3) is 5.00. The number of Topliss-reactive ketones (excluding diaryl/α,β-unsaturated/α-hetero) is 1. The Morgan fingerprint density at radius 3 is 2.76 bits per heavy atom. The second kappa shape index (κ2) is 9.74. The van der Waals surface area contributed by atoms with E-state index in [9.17, 15) is 19.5 Å². The molecular formula is C25H25N3O5S. The number of pyridine rings is 1. The molecule has 0 bridgehead atoms. The van der Waals surface area contributed by atoms with E-state index in [2.05, 4.69) is 15.6 Å². The number of benzene rings is 1. The van der Waals surface area contributed by atoms with Crippen molar-refractivity contribution in [2.75, 3.05) is 6.61 Å². The lowest BCUT2D eigenvalue weighted by molar-refractivity contribution is -0.130. The second-order valence-corrected chi connectivity index (χ2v) is 9.36. The molecular weight excluding hydrogens is 454 g/mol. The van der Waals surface area contributed by atoms with Gasteiger partial charge in [0.1, 0.15) is 23.9 Å². The third-order valence-electron chi connectivity index (χ3n) is 6.02. The van der Waals surface area contributed by atoms with Crippen LogP contribution in [0.3, 0.4) is 0 Å². The summed E-state index contributed by atoms with van der Waals surface area (Å²) in [7, 11) is 0. The van der Waals surface area contributed by atoms with Gasteiger partial charge in [-0.3, -0.25) is 19.4 Å². The lowest BCUT2D eigenvalue weighted by Gasteiger charge is -2.30. The number of amides is 2. The van der Waals surface area contributed by atoms with Crippen molar-refractivity contribution >= 4 is 28.9 Å². The number of thiophene rings is 1. The van der Waals surface area contributed by atoms with Crippen molar-refractivity contribution in [2.24, 2.45) is 0 Å². The number of nitrogens with zero attached hydrogens (tertiary/aromatic N) is 1. The summed E-state index contributed by atoms with van der Waals surface area (Å²) < 4.78 is 5.40. The summed E-state index contributed by atoms with van der Waals surface area (Å²) in [5.41, 5.74) is 0.559. The summed E-state index contributed by atoms with van der Waals surface area (Å²) in [5, 5.41) is 17.3. The van der Waals surface area contributed by atoms with Crippen molar-refractivity contribution in [1.29, 1.82) is 0 Å². The van der Waals surface area contributed by atoms with Crippen LogP contribution >= 0.6 is 11.3 Å². The zero-order chi connectivity index (χ0) is 24.3. The smallest absolute Gasteiger partial charge is 0.253 e. The Bertz CT molecular complexity index is 1210. The van der Waals surface area contributed by atoms with Gasteiger partial charge in [0.2, 0.25) is 5.91 Å². The minimum atomic E-state index is -1.19. The normalized spacial score (nSPS) is 20.6. The van der Waals surface area contributed by atoms with Crippen molar-refractivity contribution in [2.45, 2.75) is 38.0 Å². The van der Waals surface area contributed by atoms with E-state index in [4.69, 9.17) is 4.74 Å². The van der Waals surface area contributed by atoms with Gasteiger partial charge in [-0.2, -0.15) is 0 Å². The van der Waals surface area contributed by atoms with Gasteiger partial charge in [-0.05, 0) is 49.1 Å². The van der Waals surface area contributed by atoms with Crippen LogP contribution in [0.1, 0.15) is 29.8 Å². The maximum absolute atomic E-state index is 13.3. The first-order chi connectivity index (χ1) is 16.3. The summed E-state index contributed by atoms with van der Waals surface area (Å²) in [6.45, 7) is 3.25. The largest absolute Gasteiger partial charge is 0.508 e. The van der Waals surface area contributed by atoms with E-state index < -0.39 is 29.5 Å². The third-order valence-corrected chi connectivity index (χ3v) is 6.94. The van der Waals surface area contributed by atoms with E-state index in [1.165, 1.54) is 29.7 Å². The molecule has 0 radical (unpaired) electrons. The Morgan fingerprint density at radius 1 is 1.26 bits per heavy atom. The lowest BCUT2D eigenvalue weighted by atomic mass is 9.92. The highest BCUT2D eigenvalue weighted by Gasteiger charge is 2.47. The number of carbonyl (C=O) groups is 3. The monoisotopic (exact) mass is 479 g/mol. The Morgan fingerprint density at radius 2 is 2.09 bits per heavy atom. The minimum Gasteiger partial charge on any atom is -0.508 e. The van der Waals surface area contributed by atoms with Gasteiger partial charge in [0.05, 0.1) is 11.7 Å². The van der Waals surface area contributed by atoms with Crippen LogP contribution in [0.5, 0.6) is 5.75 Å². The predicted molar refractivity (Wildman–Crippen MR) is 128 cm³/mol. The van der Waals surface area contributed by atoms with Crippen LogP contribution in [0.15, 0.2) is 60.2 Å². The zero-order valence-electron chi connectivity index (χ0n) is 18.8. The van der Waals surface area contributed by atoms with Crippen molar-refractivity contribution in [3.8, 4) is 16.2 Å². The molecule has 1 saturated heterocycles. The lowest BCUT2D eigenvalue weighted by Crippen LogP contribution is -2.60. The number of aromatic nitrogens is 1. The van der Waals surface area contributed by atoms with Gasteiger partial charge in [0.15, 0.2) is 5.78 Å². The van der Waals surface area contributed by atoms with Gasteiger partial charge < -0.3 is 20.5 Å². The molecule has 9 heteroatoms. The Hall–Kier alpha value is -3.56. The van der Waals surface area contributed by atoms with Gasteiger partial charge >= 0.3 is 0 Å². The summed E-state index contributed by atoms with van der Waals surface area (Å²) in [5.74, 6) is -1.18. The summed E-state index contributed by atoms with van der Waals surface area (Å²) >= 11 is 1.53. The maximum atomic E-state index is 13.3. The Labute approximate surface area is 201 Å². The fourth-order valence-electron chi connectivity index (χ4n) is 3.77. The fraction of sp³-hybridized carbons (Fsp3) is 0.280. The molecule has 2 aromatic heterocycles. The fourth-order valence-corrected chi connectivity index (χ4v) is 4.48. The second-order valence-electron chi connectivity index (χ2n) is 8.41. The van der Waals surface area contributed by atoms with Gasteiger partial charge in [-0.25, -0.2) is 0 Å². The first-order valence-electron chi connectivity index (χ1n) is 10.8. The van der Waals surface area contributed by atoms with E-state index in [1.54, 1.807) is 38.2 Å². The Balaban J connectivity index is 1.58. The number of rotatable bonds is 7. The molecule has 1 aliphatic rings. The summed E-state index contributed by atoms with van der Waals surface area (Å²) in [4.78, 5) is 43.9. The molecule has 176 valence electrons. The van der Waals surface area contributed by atoms with E-state index in [0.29, 0.717) is 11.1 Å². The van der Waals surface area contributed by atoms with Gasteiger partial charge in [0, 0.05) is 29.3 Å². The molecule has 0 saturated carbocycles. The molecule has 3 atom stereocenters. The molecule has 1 aliphatic heterocycles. The highest BCUT2D eigenvalue weighted by Crippen LogP contribution is 2.25.